The summed E-state index contributed by atoms with van der Waals surface area (Å²) in [7, 11) is 0. The molecule has 24 heavy (non-hydrogen) atoms. The van der Waals surface area contributed by atoms with Crippen LogP contribution in [0, 0.1) is 6.92 Å². The lowest BCUT2D eigenvalue weighted by atomic mass is 10.1. The number of carbonyl (C=O) groups excluding carboxylic acids is 1. The van der Waals surface area contributed by atoms with Gasteiger partial charge in [-0.3, -0.25) is 4.79 Å². The van der Waals surface area contributed by atoms with Gasteiger partial charge in [-0.05, 0) is 42.5 Å². The first-order chi connectivity index (χ1) is 11.7. The minimum atomic E-state index is 0.0332. The molecule has 124 valence electrons. The van der Waals surface area contributed by atoms with E-state index in [-0.39, 0.29) is 5.91 Å². The molecule has 3 nitrogen and oxygen atoms in total. The summed E-state index contributed by atoms with van der Waals surface area (Å²) in [5, 5.41) is 4.03. The van der Waals surface area contributed by atoms with Crippen LogP contribution < -0.4 is 5.32 Å². The summed E-state index contributed by atoms with van der Waals surface area (Å²) in [5.74, 6) is 0.0332. The van der Waals surface area contributed by atoms with Gasteiger partial charge >= 0.3 is 0 Å². The predicted octanol–water partition coefficient (Wildman–Crippen LogP) is 4.21. The Balaban J connectivity index is 1.58. The third kappa shape index (κ3) is 3.67. The molecular formula is C21H23NO2. The quantitative estimate of drug-likeness (QED) is 0.739. The van der Waals surface area contributed by atoms with Crippen molar-refractivity contribution in [2.45, 2.75) is 33.1 Å². The Morgan fingerprint density at radius 2 is 1.96 bits per heavy atom. The van der Waals surface area contributed by atoms with Crippen molar-refractivity contribution in [3.8, 4) is 0 Å². The Hall–Kier alpha value is -2.55. The van der Waals surface area contributed by atoms with E-state index in [4.69, 9.17) is 4.42 Å². The number of benzene rings is 2. The van der Waals surface area contributed by atoms with E-state index in [0.717, 1.165) is 29.4 Å². The highest BCUT2D eigenvalue weighted by atomic mass is 16.3. The minimum Gasteiger partial charge on any atom is -0.464 e. The Morgan fingerprint density at radius 3 is 2.75 bits per heavy atom. The standard InChI is InChI=1S/C21H23NO2/c1-3-16-8-9-19-18(14-24-20(19)12-16)13-21(23)22-11-10-17-7-5-4-6-15(17)2/h4-9,12,14H,3,10-11,13H2,1-2H3,(H,22,23). The Kier molecular flexibility index (Phi) is 4.99. The molecule has 0 unspecified atom stereocenters. The van der Waals surface area contributed by atoms with E-state index in [1.165, 1.54) is 16.7 Å². The Morgan fingerprint density at radius 1 is 1.12 bits per heavy atom. The zero-order valence-electron chi connectivity index (χ0n) is 14.3. The zero-order chi connectivity index (χ0) is 16.9. The van der Waals surface area contributed by atoms with Crippen LogP contribution in [0.25, 0.3) is 11.0 Å². The molecule has 3 heteroatoms. The fraction of sp³-hybridized carbons (Fsp3) is 0.286. The molecular weight excluding hydrogens is 298 g/mol. The lowest BCUT2D eigenvalue weighted by molar-refractivity contribution is -0.120. The van der Waals surface area contributed by atoms with Crippen molar-refractivity contribution in [2.75, 3.05) is 6.54 Å². The smallest absolute Gasteiger partial charge is 0.224 e. The lowest BCUT2D eigenvalue weighted by Gasteiger charge is -2.07. The molecule has 0 aliphatic heterocycles. The van der Waals surface area contributed by atoms with Gasteiger partial charge < -0.3 is 9.73 Å². The van der Waals surface area contributed by atoms with Crippen molar-refractivity contribution < 1.29 is 9.21 Å². The van der Waals surface area contributed by atoms with E-state index in [2.05, 4.69) is 43.4 Å². The van der Waals surface area contributed by atoms with Gasteiger partial charge in [0, 0.05) is 17.5 Å². The number of aryl methyl sites for hydroxylation is 2. The average molecular weight is 321 g/mol. The molecule has 2 aromatic carbocycles. The van der Waals surface area contributed by atoms with Crippen LogP contribution >= 0.6 is 0 Å². The number of amides is 1. The predicted molar refractivity (Wildman–Crippen MR) is 97.2 cm³/mol. The van der Waals surface area contributed by atoms with Crippen LogP contribution in [0.1, 0.15) is 29.2 Å². The van der Waals surface area contributed by atoms with Crippen LogP contribution in [-0.2, 0) is 24.1 Å². The zero-order valence-corrected chi connectivity index (χ0v) is 14.3. The molecule has 0 saturated carbocycles. The summed E-state index contributed by atoms with van der Waals surface area (Å²) in [4.78, 5) is 12.2. The lowest BCUT2D eigenvalue weighted by Crippen LogP contribution is -2.27. The molecule has 1 amide bonds. The summed E-state index contributed by atoms with van der Waals surface area (Å²) >= 11 is 0. The van der Waals surface area contributed by atoms with Crippen LogP contribution in [0.5, 0.6) is 0 Å². The number of nitrogens with one attached hydrogen (secondary N) is 1. The molecule has 1 aromatic heterocycles. The molecule has 0 bridgehead atoms. The number of hydrogen-bond acceptors (Lipinski definition) is 2. The molecule has 0 aliphatic rings. The Labute approximate surface area is 142 Å². The first-order valence-corrected chi connectivity index (χ1v) is 8.47. The number of hydrogen-bond donors (Lipinski definition) is 1. The van der Waals surface area contributed by atoms with Crippen LogP contribution in [0.4, 0.5) is 0 Å². The normalized spacial score (nSPS) is 10.9. The maximum Gasteiger partial charge on any atom is 0.224 e. The monoisotopic (exact) mass is 321 g/mol. The van der Waals surface area contributed by atoms with Crippen molar-refractivity contribution in [1.82, 2.24) is 5.32 Å². The molecule has 0 aliphatic carbocycles. The molecule has 0 saturated heterocycles. The minimum absolute atomic E-state index is 0.0332. The third-order valence-corrected chi connectivity index (χ3v) is 4.46. The summed E-state index contributed by atoms with van der Waals surface area (Å²) in [6.07, 6.45) is 3.88. The number of rotatable bonds is 6. The van der Waals surface area contributed by atoms with E-state index in [1.807, 2.05) is 18.2 Å². The first-order valence-electron chi connectivity index (χ1n) is 8.47. The molecule has 1 heterocycles. The number of carbonyl (C=O) groups is 1. The van der Waals surface area contributed by atoms with E-state index >= 15 is 0 Å². The molecule has 1 N–H and O–H groups in total. The maximum atomic E-state index is 12.2. The molecule has 3 aromatic rings. The van der Waals surface area contributed by atoms with Crippen molar-refractivity contribution in [2.24, 2.45) is 0 Å². The van der Waals surface area contributed by atoms with Gasteiger partial charge in [0.05, 0.1) is 12.7 Å². The van der Waals surface area contributed by atoms with Gasteiger partial charge in [0.25, 0.3) is 0 Å². The van der Waals surface area contributed by atoms with E-state index in [9.17, 15) is 4.79 Å². The van der Waals surface area contributed by atoms with Gasteiger partial charge in [-0.2, -0.15) is 0 Å². The first kappa shape index (κ1) is 16.3. The highest BCUT2D eigenvalue weighted by molar-refractivity contribution is 5.87. The maximum absolute atomic E-state index is 12.2. The van der Waals surface area contributed by atoms with Gasteiger partial charge in [0.2, 0.25) is 5.91 Å². The highest BCUT2D eigenvalue weighted by Gasteiger charge is 2.10. The second kappa shape index (κ2) is 7.35. The van der Waals surface area contributed by atoms with E-state index < -0.39 is 0 Å². The van der Waals surface area contributed by atoms with Gasteiger partial charge in [-0.15, -0.1) is 0 Å². The number of fused-ring (bicyclic) bond motifs is 1. The molecule has 0 spiro atoms. The van der Waals surface area contributed by atoms with Crippen molar-refractivity contribution >= 4 is 16.9 Å². The molecule has 0 atom stereocenters. The topological polar surface area (TPSA) is 42.2 Å². The fourth-order valence-electron chi connectivity index (χ4n) is 2.95. The van der Waals surface area contributed by atoms with Crippen molar-refractivity contribution in [3.05, 3.63) is 71.0 Å². The summed E-state index contributed by atoms with van der Waals surface area (Å²) in [6.45, 7) is 4.87. The summed E-state index contributed by atoms with van der Waals surface area (Å²) < 4.78 is 5.60. The van der Waals surface area contributed by atoms with E-state index in [1.54, 1.807) is 6.26 Å². The van der Waals surface area contributed by atoms with Gasteiger partial charge in [0.1, 0.15) is 5.58 Å². The number of furan rings is 1. The second-order valence-electron chi connectivity index (χ2n) is 6.15. The van der Waals surface area contributed by atoms with E-state index in [0.29, 0.717) is 13.0 Å². The molecule has 0 radical (unpaired) electrons. The SMILES string of the molecule is CCc1ccc2c(CC(=O)NCCc3ccccc3C)coc2c1. The summed E-state index contributed by atoms with van der Waals surface area (Å²) in [6, 6.07) is 14.5. The van der Waals surface area contributed by atoms with Crippen molar-refractivity contribution in [3.63, 3.8) is 0 Å². The van der Waals surface area contributed by atoms with Crippen LogP contribution in [0.3, 0.4) is 0 Å². The highest BCUT2D eigenvalue weighted by Crippen LogP contribution is 2.23. The van der Waals surface area contributed by atoms with Crippen LogP contribution in [-0.4, -0.2) is 12.5 Å². The van der Waals surface area contributed by atoms with Gasteiger partial charge in [0.15, 0.2) is 0 Å². The average Bonchev–Trinajstić information content (AvgIpc) is 2.98. The largest absolute Gasteiger partial charge is 0.464 e. The van der Waals surface area contributed by atoms with Crippen LogP contribution in [0.15, 0.2) is 53.1 Å². The second-order valence-corrected chi connectivity index (χ2v) is 6.15. The fourth-order valence-corrected chi connectivity index (χ4v) is 2.95. The Bertz CT molecular complexity index is 848. The summed E-state index contributed by atoms with van der Waals surface area (Å²) in [5.41, 5.74) is 5.59. The van der Waals surface area contributed by atoms with Crippen LogP contribution in [0.2, 0.25) is 0 Å². The molecule has 3 rings (SSSR count). The van der Waals surface area contributed by atoms with Crippen molar-refractivity contribution in [1.29, 1.82) is 0 Å². The molecule has 0 fully saturated rings. The third-order valence-electron chi connectivity index (χ3n) is 4.46. The van der Waals surface area contributed by atoms with Gasteiger partial charge in [-0.25, -0.2) is 0 Å². The van der Waals surface area contributed by atoms with Gasteiger partial charge in [-0.1, -0.05) is 43.3 Å².